The van der Waals surface area contributed by atoms with Gasteiger partial charge in [0.25, 0.3) is 0 Å². The zero-order chi connectivity index (χ0) is 17.6. The lowest BCUT2D eigenvalue weighted by Crippen LogP contribution is -2.32. The molecule has 1 fully saturated rings. The maximum Gasteiger partial charge on any atom is 0.240 e. The van der Waals surface area contributed by atoms with Crippen LogP contribution in [0.4, 0.5) is 4.39 Å². The van der Waals surface area contributed by atoms with Crippen molar-refractivity contribution >= 4 is 21.6 Å². The van der Waals surface area contributed by atoms with E-state index in [1.807, 2.05) is 6.08 Å². The lowest BCUT2D eigenvalue weighted by atomic mass is 9.92. The topological polar surface area (TPSA) is 46.2 Å². The van der Waals surface area contributed by atoms with Crippen LogP contribution in [0.15, 0.2) is 41.3 Å². The molecule has 1 aliphatic rings. The summed E-state index contributed by atoms with van der Waals surface area (Å²) < 4.78 is 41.4. The van der Waals surface area contributed by atoms with Gasteiger partial charge in [0.1, 0.15) is 6.17 Å². The number of allylic oxidation sites excluding steroid dienone is 2. The Hall–Kier alpha value is -0.910. The van der Waals surface area contributed by atoms with Crippen molar-refractivity contribution in [2.75, 3.05) is 6.54 Å². The molecular formula is C18H25ClFNO2S. The van der Waals surface area contributed by atoms with Crippen molar-refractivity contribution in [1.82, 2.24) is 4.72 Å². The summed E-state index contributed by atoms with van der Waals surface area (Å²) in [5.74, 6) is -0.0700. The number of nitrogens with one attached hydrogen (secondary N) is 1. The third-order valence-electron chi connectivity index (χ3n) is 4.57. The van der Waals surface area contributed by atoms with E-state index in [-0.39, 0.29) is 23.3 Å². The van der Waals surface area contributed by atoms with E-state index in [9.17, 15) is 12.8 Å². The molecule has 0 heterocycles. The Morgan fingerprint density at radius 2 is 1.96 bits per heavy atom. The van der Waals surface area contributed by atoms with Crippen LogP contribution in [0.1, 0.15) is 39.0 Å². The molecule has 2 rings (SSSR count). The molecule has 1 N–H and O–H groups in total. The van der Waals surface area contributed by atoms with Crippen molar-refractivity contribution in [3.8, 4) is 0 Å². The smallest absolute Gasteiger partial charge is 0.240 e. The minimum Gasteiger partial charge on any atom is -0.247 e. The molecule has 6 heteroatoms. The summed E-state index contributed by atoms with van der Waals surface area (Å²) in [6.45, 7) is 2.38. The number of alkyl halides is 1. The van der Waals surface area contributed by atoms with Gasteiger partial charge in [-0.1, -0.05) is 37.1 Å². The third-order valence-corrected chi connectivity index (χ3v) is 6.26. The monoisotopic (exact) mass is 373 g/mol. The highest BCUT2D eigenvalue weighted by atomic mass is 35.5. The number of sulfonamides is 1. The van der Waals surface area contributed by atoms with Gasteiger partial charge in [-0.3, -0.25) is 0 Å². The first-order valence-electron chi connectivity index (χ1n) is 8.48. The van der Waals surface area contributed by atoms with Crippen LogP contribution in [0, 0.1) is 11.8 Å². The fourth-order valence-corrected chi connectivity index (χ4v) is 4.36. The quantitative estimate of drug-likeness (QED) is 0.669. The Balaban J connectivity index is 1.95. The molecule has 1 saturated carbocycles. The second kappa shape index (κ2) is 8.97. The van der Waals surface area contributed by atoms with Crippen molar-refractivity contribution in [2.24, 2.45) is 11.8 Å². The first-order valence-corrected chi connectivity index (χ1v) is 10.3. The van der Waals surface area contributed by atoms with E-state index >= 15 is 0 Å². The second-order valence-corrected chi connectivity index (χ2v) is 8.52. The molecule has 3 nitrogen and oxygen atoms in total. The van der Waals surface area contributed by atoms with E-state index in [1.54, 1.807) is 12.1 Å². The SMILES string of the molecule is CCC/C=C\C[C@@H]1[C@@H](CNS(=O)(=O)c2ccc(Cl)cc2)CC[C@H]1F. The lowest BCUT2D eigenvalue weighted by molar-refractivity contribution is 0.231. The lowest BCUT2D eigenvalue weighted by Gasteiger charge is -2.20. The van der Waals surface area contributed by atoms with Crippen molar-refractivity contribution in [2.45, 2.75) is 50.1 Å². The van der Waals surface area contributed by atoms with Crippen LogP contribution in [-0.4, -0.2) is 21.1 Å². The summed E-state index contributed by atoms with van der Waals surface area (Å²) in [4.78, 5) is 0.182. The molecule has 1 aliphatic carbocycles. The first-order chi connectivity index (χ1) is 11.4. The number of rotatable bonds is 8. The van der Waals surface area contributed by atoms with Crippen LogP contribution < -0.4 is 4.72 Å². The molecule has 0 amide bonds. The normalized spacial score (nSPS) is 24.7. The zero-order valence-electron chi connectivity index (χ0n) is 13.9. The van der Waals surface area contributed by atoms with Crippen LogP contribution in [0.2, 0.25) is 5.02 Å². The largest absolute Gasteiger partial charge is 0.247 e. The van der Waals surface area contributed by atoms with Gasteiger partial charge in [-0.25, -0.2) is 17.5 Å². The Morgan fingerprint density at radius 3 is 2.62 bits per heavy atom. The Morgan fingerprint density at radius 1 is 1.25 bits per heavy atom. The molecule has 0 aliphatic heterocycles. The summed E-state index contributed by atoms with van der Waals surface area (Å²) in [5, 5.41) is 0.490. The molecule has 0 unspecified atom stereocenters. The van der Waals surface area contributed by atoms with Crippen molar-refractivity contribution < 1.29 is 12.8 Å². The summed E-state index contributed by atoms with van der Waals surface area (Å²) in [6, 6.07) is 6.04. The maximum absolute atomic E-state index is 14.1. The minimum atomic E-state index is -3.58. The van der Waals surface area contributed by atoms with Crippen molar-refractivity contribution in [3.63, 3.8) is 0 Å². The number of hydrogen-bond donors (Lipinski definition) is 1. The van der Waals surface area contributed by atoms with E-state index in [2.05, 4.69) is 17.7 Å². The summed E-state index contributed by atoms with van der Waals surface area (Å²) in [5.41, 5.74) is 0. The Bertz CT molecular complexity index is 645. The number of benzene rings is 1. The predicted octanol–water partition coefficient (Wildman–Crippen LogP) is 4.73. The molecule has 1 aromatic rings. The summed E-state index contributed by atoms with van der Waals surface area (Å²) in [6.07, 6.45) is 7.25. The molecular weight excluding hydrogens is 349 g/mol. The van der Waals surface area contributed by atoms with Gasteiger partial charge in [0, 0.05) is 11.6 Å². The van der Waals surface area contributed by atoms with Crippen LogP contribution in [0.5, 0.6) is 0 Å². The highest BCUT2D eigenvalue weighted by Gasteiger charge is 2.35. The van der Waals surface area contributed by atoms with Gasteiger partial charge in [0.2, 0.25) is 10.0 Å². The van der Waals surface area contributed by atoms with Gasteiger partial charge < -0.3 is 0 Å². The second-order valence-electron chi connectivity index (χ2n) is 6.32. The molecule has 1 aromatic carbocycles. The van der Waals surface area contributed by atoms with Gasteiger partial charge in [-0.15, -0.1) is 0 Å². The minimum absolute atomic E-state index is 0.0355. The van der Waals surface area contributed by atoms with Gasteiger partial charge >= 0.3 is 0 Å². The molecule has 0 radical (unpaired) electrons. The average Bonchev–Trinajstić information content (AvgIpc) is 2.90. The van der Waals surface area contributed by atoms with Crippen LogP contribution in [0.3, 0.4) is 0 Å². The fraction of sp³-hybridized carbons (Fsp3) is 0.556. The average molecular weight is 374 g/mol. The highest BCUT2D eigenvalue weighted by Crippen LogP contribution is 2.36. The van der Waals surface area contributed by atoms with Crippen LogP contribution in [-0.2, 0) is 10.0 Å². The van der Waals surface area contributed by atoms with E-state index in [4.69, 9.17) is 11.6 Å². The van der Waals surface area contributed by atoms with E-state index in [1.165, 1.54) is 12.1 Å². The third kappa shape index (κ3) is 5.30. The summed E-state index contributed by atoms with van der Waals surface area (Å²) >= 11 is 5.79. The van der Waals surface area contributed by atoms with Crippen LogP contribution in [0.25, 0.3) is 0 Å². The van der Waals surface area contributed by atoms with Crippen molar-refractivity contribution in [1.29, 1.82) is 0 Å². The molecule has 0 spiro atoms. The van der Waals surface area contributed by atoms with Crippen molar-refractivity contribution in [3.05, 3.63) is 41.4 Å². The van der Waals surface area contributed by atoms with Gasteiger partial charge in [-0.2, -0.15) is 0 Å². The van der Waals surface area contributed by atoms with E-state index < -0.39 is 16.2 Å². The Kier molecular flexibility index (Phi) is 7.26. The van der Waals surface area contributed by atoms with E-state index in [0.29, 0.717) is 17.9 Å². The first kappa shape index (κ1) is 19.4. The number of hydrogen-bond acceptors (Lipinski definition) is 2. The highest BCUT2D eigenvalue weighted by molar-refractivity contribution is 7.89. The molecule has 0 bridgehead atoms. The standard InChI is InChI=1S/C18H25ClFNO2S/c1-2-3-4-5-6-17-14(7-12-18(17)20)13-21-24(22,23)16-10-8-15(19)9-11-16/h4-5,8-11,14,17-18,21H,2-3,6-7,12-13H2,1H3/b5-4-/t14-,17-,18-/m1/s1. The van der Waals surface area contributed by atoms with Gasteiger partial charge in [-0.05, 0) is 61.8 Å². The fourth-order valence-electron chi connectivity index (χ4n) is 3.14. The molecule has 3 atom stereocenters. The van der Waals surface area contributed by atoms with Gasteiger partial charge in [0.15, 0.2) is 0 Å². The summed E-state index contributed by atoms with van der Waals surface area (Å²) in [7, 11) is -3.58. The molecule has 134 valence electrons. The number of unbranched alkanes of at least 4 members (excludes halogenated alkanes) is 1. The van der Waals surface area contributed by atoms with Crippen LogP contribution >= 0.6 is 11.6 Å². The molecule has 0 aromatic heterocycles. The number of halogens is 2. The zero-order valence-corrected chi connectivity index (χ0v) is 15.5. The predicted molar refractivity (Wildman–Crippen MR) is 96.4 cm³/mol. The molecule has 0 saturated heterocycles. The Labute approximate surface area is 149 Å². The maximum atomic E-state index is 14.1. The van der Waals surface area contributed by atoms with Gasteiger partial charge in [0.05, 0.1) is 4.90 Å². The van der Waals surface area contributed by atoms with E-state index in [0.717, 1.165) is 19.3 Å². The molecule has 24 heavy (non-hydrogen) atoms.